The number of hydrogen-bond acceptors (Lipinski definition) is 10. The van der Waals surface area contributed by atoms with E-state index in [0.29, 0.717) is 40.8 Å². The summed E-state index contributed by atoms with van der Waals surface area (Å²) >= 11 is 0. The number of hydrogen-bond donors (Lipinski definition) is 3. The largest absolute Gasteiger partial charge is 0.493 e. The van der Waals surface area contributed by atoms with Crippen LogP contribution >= 0.6 is 0 Å². The topological polar surface area (TPSA) is 112 Å². The molecule has 0 aliphatic rings. The van der Waals surface area contributed by atoms with E-state index in [1.807, 2.05) is 38.1 Å². The number of aromatic nitrogens is 3. The van der Waals surface area contributed by atoms with Crippen molar-refractivity contribution in [1.82, 2.24) is 15.0 Å². The van der Waals surface area contributed by atoms with Crippen molar-refractivity contribution in [2.24, 2.45) is 0 Å². The van der Waals surface area contributed by atoms with Crippen molar-refractivity contribution in [3.05, 3.63) is 64.2 Å². The number of rotatable bonds is 10. The quantitative estimate of drug-likeness (QED) is 0.200. The molecule has 0 radical (unpaired) electrons. The fraction of sp³-hybridized carbons (Fsp3) is 0.300. The highest BCUT2D eigenvalue weighted by Crippen LogP contribution is 2.36. The van der Waals surface area contributed by atoms with Crippen LogP contribution in [0.3, 0.4) is 0 Å². The monoisotopic (exact) mass is 544 g/mol. The molecule has 0 atom stereocenters. The lowest BCUT2D eigenvalue weighted by molar-refractivity contribution is 0.353. The van der Waals surface area contributed by atoms with Crippen molar-refractivity contribution in [1.29, 1.82) is 0 Å². The van der Waals surface area contributed by atoms with Crippen molar-refractivity contribution in [3.63, 3.8) is 0 Å². The third-order valence-corrected chi connectivity index (χ3v) is 6.66. The van der Waals surface area contributed by atoms with Crippen LogP contribution in [0.25, 0.3) is 0 Å². The van der Waals surface area contributed by atoms with Gasteiger partial charge in [-0.25, -0.2) is 0 Å². The zero-order chi connectivity index (χ0) is 29.0. The number of benzene rings is 3. The van der Waals surface area contributed by atoms with Crippen molar-refractivity contribution in [2.75, 3.05) is 44.4 Å². The summed E-state index contributed by atoms with van der Waals surface area (Å²) in [4.78, 5) is 13.9. The Kier molecular flexibility index (Phi) is 8.47. The Morgan fingerprint density at radius 1 is 0.450 bits per heavy atom. The van der Waals surface area contributed by atoms with Crippen LogP contribution in [0.15, 0.2) is 36.4 Å². The first kappa shape index (κ1) is 28.3. The van der Waals surface area contributed by atoms with Gasteiger partial charge in [-0.2, -0.15) is 15.0 Å². The molecule has 0 spiro atoms. The van der Waals surface area contributed by atoms with E-state index < -0.39 is 0 Å². The van der Waals surface area contributed by atoms with E-state index in [9.17, 15) is 0 Å². The highest BCUT2D eigenvalue weighted by Gasteiger charge is 2.15. The number of methoxy groups -OCH3 is 4. The Hall–Kier alpha value is -4.73. The minimum Gasteiger partial charge on any atom is -0.493 e. The molecule has 1 heterocycles. The smallest absolute Gasteiger partial charge is 0.233 e. The van der Waals surface area contributed by atoms with Crippen molar-refractivity contribution >= 4 is 34.9 Å². The van der Waals surface area contributed by atoms with Gasteiger partial charge in [0, 0.05) is 29.2 Å². The summed E-state index contributed by atoms with van der Waals surface area (Å²) < 4.78 is 22.0. The molecule has 0 fully saturated rings. The van der Waals surface area contributed by atoms with Gasteiger partial charge in [0.2, 0.25) is 17.8 Å². The Labute approximate surface area is 235 Å². The minimum absolute atomic E-state index is 0.337. The predicted molar refractivity (Wildman–Crippen MR) is 159 cm³/mol. The lowest BCUT2D eigenvalue weighted by Gasteiger charge is -2.16. The van der Waals surface area contributed by atoms with Crippen molar-refractivity contribution in [2.45, 2.75) is 34.6 Å². The van der Waals surface area contributed by atoms with Crippen LogP contribution in [0, 0.1) is 34.6 Å². The predicted octanol–water partition coefficient (Wildman–Crippen LogP) is 6.68. The van der Waals surface area contributed by atoms with Gasteiger partial charge in [0.05, 0.1) is 28.4 Å². The summed E-state index contributed by atoms with van der Waals surface area (Å²) in [7, 11) is 6.43. The van der Waals surface area contributed by atoms with Gasteiger partial charge in [0.15, 0.2) is 23.0 Å². The molecule has 10 heteroatoms. The fourth-order valence-corrected chi connectivity index (χ4v) is 4.49. The molecule has 40 heavy (non-hydrogen) atoms. The van der Waals surface area contributed by atoms with Crippen LogP contribution in [-0.4, -0.2) is 43.4 Å². The molecule has 3 N–H and O–H groups in total. The third-order valence-electron chi connectivity index (χ3n) is 6.66. The minimum atomic E-state index is 0.337. The lowest BCUT2D eigenvalue weighted by Crippen LogP contribution is -2.08. The van der Waals surface area contributed by atoms with E-state index >= 15 is 0 Å². The number of aryl methyl sites for hydroxylation is 4. The molecule has 10 nitrogen and oxygen atoms in total. The second-order valence-corrected chi connectivity index (χ2v) is 9.47. The maximum absolute atomic E-state index is 5.52. The molecule has 0 saturated heterocycles. The third kappa shape index (κ3) is 6.12. The van der Waals surface area contributed by atoms with Crippen LogP contribution in [0.4, 0.5) is 34.9 Å². The molecule has 0 aliphatic carbocycles. The first-order chi connectivity index (χ1) is 19.1. The van der Waals surface area contributed by atoms with Gasteiger partial charge in [0.1, 0.15) is 0 Å². The van der Waals surface area contributed by atoms with Gasteiger partial charge in [-0.3, -0.25) is 0 Å². The molecule has 4 aromatic rings. The van der Waals surface area contributed by atoms with E-state index in [1.54, 1.807) is 28.4 Å². The molecule has 4 rings (SSSR count). The maximum Gasteiger partial charge on any atom is 0.233 e. The summed E-state index contributed by atoms with van der Waals surface area (Å²) in [5, 5.41) is 9.91. The second-order valence-electron chi connectivity index (χ2n) is 9.47. The SMILES string of the molecule is COc1cc(Nc2nc(Nc3cc(C)c(C)c(C)c3)nc(Nc3cc(C)c(OC)c(OC)c3)n2)cc(C)c1OC. The Morgan fingerprint density at radius 2 is 0.775 bits per heavy atom. The van der Waals surface area contributed by atoms with Gasteiger partial charge >= 0.3 is 0 Å². The molecular formula is C30H36N6O4. The number of nitrogens with one attached hydrogen (secondary N) is 3. The highest BCUT2D eigenvalue weighted by atomic mass is 16.5. The lowest BCUT2D eigenvalue weighted by atomic mass is 10.0. The summed E-state index contributed by atoms with van der Waals surface area (Å²) in [5.41, 5.74) is 7.77. The van der Waals surface area contributed by atoms with Gasteiger partial charge in [0.25, 0.3) is 0 Å². The maximum atomic E-state index is 5.52. The summed E-state index contributed by atoms with van der Waals surface area (Å²) in [6, 6.07) is 11.7. The summed E-state index contributed by atoms with van der Waals surface area (Å²) in [6.45, 7) is 10.2. The second kappa shape index (κ2) is 12.0. The van der Waals surface area contributed by atoms with Gasteiger partial charge < -0.3 is 34.9 Å². The number of ether oxygens (including phenoxy) is 4. The molecule has 210 valence electrons. The van der Waals surface area contributed by atoms with E-state index in [0.717, 1.165) is 28.2 Å². The molecular weight excluding hydrogens is 508 g/mol. The number of nitrogens with zero attached hydrogens (tertiary/aromatic N) is 3. The summed E-state index contributed by atoms with van der Waals surface area (Å²) in [6.07, 6.45) is 0. The first-order valence-electron chi connectivity index (χ1n) is 12.8. The van der Waals surface area contributed by atoms with Crippen molar-refractivity contribution < 1.29 is 18.9 Å². The Morgan fingerprint density at radius 3 is 1.10 bits per heavy atom. The van der Waals surface area contributed by atoms with Crippen LogP contribution in [0.5, 0.6) is 23.0 Å². The molecule has 0 aliphatic heterocycles. The van der Waals surface area contributed by atoms with Crippen molar-refractivity contribution in [3.8, 4) is 23.0 Å². The van der Waals surface area contributed by atoms with E-state index in [4.69, 9.17) is 18.9 Å². The van der Waals surface area contributed by atoms with Crippen LogP contribution in [-0.2, 0) is 0 Å². The summed E-state index contributed by atoms with van der Waals surface area (Å²) in [5.74, 6) is 3.58. The molecule has 0 saturated carbocycles. The highest BCUT2D eigenvalue weighted by molar-refractivity contribution is 5.67. The molecule has 0 bridgehead atoms. The zero-order valence-electron chi connectivity index (χ0n) is 24.4. The van der Waals surface area contributed by atoms with Crippen LogP contribution < -0.4 is 34.9 Å². The molecule has 1 aromatic heterocycles. The number of anilines is 6. The molecule has 0 unspecified atom stereocenters. The van der Waals surface area contributed by atoms with Gasteiger partial charge in [-0.05, 0) is 86.7 Å². The average Bonchev–Trinajstić information content (AvgIpc) is 2.90. The van der Waals surface area contributed by atoms with Crippen LogP contribution in [0.1, 0.15) is 27.8 Å². The Balaban J connectivity index is 1.75. The van der Waals surface area contributed by atoms with Gasteiger partial charge in [-0.1, -0.05) is 0 Å². The molecule has 0 amide bonds. The van der Waals surface area contributed by atoms with Crippen LogP contribution in [0.2, 0.25) is 0 Å². The Bertz CT molecular complexity index is 1430. The molecule has 3 aromatic carbocycles. The average molecular weight is 545 g/mol. The normalized spacial score (nSPS) is 10.6. The standard InChI is InChI=1S/C30H36N6O4/c1-16-10-21(11-17(2)20(16)5)31-28-34-29(32-22-12-18(3)26(39-8)24(14-22)37-6)36-30(35-28)33-23-13-19(4)27(40-9)25(15-23)38-7/h10-15H,1-9H3,(H3,31,32,33,34,35,36). The van der Waals surface area contributed by atoms with Gasteiger partial charge in [-0.15, -0.1) is 0 Å². The van der Waals surface area contributed by atoms with E-state index in [2.05, 4.69) is 63.8 Å². The van der Waals surface area contributed by atoms with E-state index in [1.165, 1.54) is 16.7 Å². The zero-order valence-corrected chi connectivity index (χ0v) is 24.4. The fourth-order valence-electron chi connectivity index (χ4n) is 4.49. The first-order valence-corrected chi connectivity index (χ1v) is 12.8. The van der Waals surface area contributed by atoms with E-state index in [-0.39, 0.29) is 0 Å².